The zero-order chi connectivity index (χ0) is 25.3. The molecule has 0 radical (unpaired) electrons. The van der Waals surface area contributed by atoms with Gasteiger partial charge in [0.2, 0.25) is 11.8 Å². The highest BCUT2D eigenvalue weighted by Crippen LogP contribution is 2.51. The summed E-state index contributed by atoms with van der Waals surface area (Å²) in [5, 5.41) is 24.2. The molecule has 0 spiro atoms. The Morgan fingerprint density at radius 2 is 1.06 bits per heavy atom. The molecule has 4 N–H and O–H groups in total. The third-order valence-electron chi connectivity index (χ3n) is 7.30. The average Bonchev–Trinajstić information content (AvgIpc) is 3.60. The normalized spacial score (nSPS) is 21.9. The van der Waals surface area contributed by atoms with Crippen molar-refractivity contribution in [2.45, 2.75) is 114 Å². The fourth-order valence-corrected chi connectivity index (χ4v) is 4.98. The van der Waals surface area contributed by atoms with Crippen molar-refractivity contribution in [3.05, 3.63) is 0 Å². The molecule has 0 bridgehead atoms. The predicted octanol–water partition coefficient (Wildman–Crippen LogP) is 1.25. The Morgan fingerprint density at radius 1 is 0.686 bits per heavy atom. The Kier molecular flexibility index (Phi) is 10.3. The van der Waals surface area contributed by atoms with Crippen molar-refractivity contribution in [3.8, 4) is 0 Å². The molecule has 3 fully saturated rings. The van der Waals surface area contributed by atoms with Gasteiger partial charge in [0.05, 0.1) is 13.2 Å². The summed E-state index contributed by atoms with van der Waals surface area (Å²) in [5.41, 5.74) is -0.561. The number of rotatable bonds is 12. The minimum absolute atomic E-state index is 0.0178. The smallest absolute Gasteiger partial charge is 0.331 e. The van der Waals surface area contributed by atoms with Crippen molar-refractivity contribution < 1.29 is 38.9 Å². The standard InChI is InChI=1S/C25H40N2O8/c28-15-19(23(32)34-17-7-3-1-4-8-17)26-21(30)13-25(11-12-25)14-22(31)27-20(16-29)24(33)35-18-9-5-2-6-10-18/h17-20,28-29H,1-16H2,(H,26,30)(H,27,31)/t19-,20-/m1/s1. The summed E-state index contributed by atoms with van der Waals surface area (Å²) in [6, 6.07) is -2.27. The third-order valence-corrected chi connectivity index (χ3v) is 7.30. The van der Waals surface area contributed by atoms with Crippen LogP contribution in [0.4, 0.5) is 0 Å². The van der Waals surface area contributed by atoms with Gasteiger partial charge in [0.25, 0.3) is 0 Å². The van der Waals surface area contributed by atoms with Crippen molar-refractivity contribution in [2.75, 3.05) is 13.2 Å². The SMILES string of the molecule is O=C(CC1(CC(=O)N[C@H](CO)C(=O)OC2CCCCC2)CC1)N[C@H](CO)C(=O)OC1CCCCC1. The number of nitrogens with one attached hydrogen (secondary N) is 2. The van der Waals surface area contributed by atoms with E-state index in [1.165, 1.54) is 0 Å². The van der Waals surface area contributed by atoms with Crippen molar-refractivity contribution >= 4 is 23.8 Å². The highest BCUT2D eigenvalue weighted by atomic mass is 16.6. The lowest BCUT2D eigenvalue weighted by molar-refractivity contribution is -0.156. The van der Waals surface area contributed by atoms with Gasteiger partial charge >= 0.3 is 11.9 Å². The maximum absolute atomic E-state index is 12.6. The molecule has 2 atom stereocenters. The molecular formula is C25H40N2O8. The first-order valence-corrected chi connectivity index (χ1v) is 13.1. The first-order chi connectivity index (χ1) is 16.8. The minimum Gasteiger partial charge on any atom is -0.461 e. The Hall–Kier alpha value is -2.20. The molecule has 0 aliphatic heterocycles. The minimum atomic E-state index is -1.14. The summed E-state index contributed by atoms with van der Waals surface area (Å²) in [7, 11) is 0. The number of aliphatic hydroxyl groups is 2. The number of hydrogen-bond donors (Lipinski definition) is 4. The fourth-order valence-electron chi connectivity index (χ4n) is 4.98. The van der Waals surface area contributed by atoms with Crippen LogP contribution < -0.4 is 10.6 Å². The van der Waals surface area contributed by atoms with Crippen LogP contribution in [0.1, 0.15) is 89.9 Å². The van der Waals surface area contributed by atoms with E-state index in [0.717, 1.165) is 64.2 Å². The second-order valence-electron chi connectivity index (χ2n) is 10.4. The largest absolute Gasteiger partial charge is 0.461 e. The van der Waals surface area contributed by atoms with E-state index in [9.17, 15) is 29.4 Å². The van der Waals surface area contributed by atoms with E-state index in [1.807, 2.05) is 0 Å². The molecule has 2 amide bonds. The highest BCUT2D eigenvalue weighted by molar-refractivity contribution is 5.87. The molecule has 0 aromatic carbocycles. The van der Waals surface area contributed by atoms with Crippen LogP contribution in [0.15, 0.2) is 0 Å². The van der Waals surface area contributed by atoms with Crippen LogP contribution in [-0.4, -0.2) is 71.5 Å². The molecule has 0 saturated heterocycles. The van der Waals surface area contributed by atoms with Gasteiger partial charge in [-0.05, 0) is 69.6 Å². The van der Waals surface area contributed by atoms with Crippen LogP contribution in [0.2, 0.25) is 0 Å². The molecule has 0 unspecified atom stereocenters. The summed E-state index contributed by atoms with van der Waals surface area (Å²) in [4.78, 5) is 49.9. The number of carbonyl (C=O) groups is 4. The maximum atomic E-state index is 12.6. The number of ether oxygens (including phenoxy) is 2. The van der Waals surface area contributed by atoms with Crippen LogP contribution >= 0.6 is 0 Å². The molecule has 0 aromatic rings. The first-order valence-electron chi connectivity index (χ1n) is 13.1. The summed E-state index contributed by atoms with van der Waals surface area (Å²) in [6.07, 6.45) is 10.4. The number of esters is 2. The van der Waals surface area contributed by atoms with Gasteiger partial charge in [0.15, 0.2) is 12.1 Å². The Labute approximate surface area is 206 Å². The van der Waals surface area contributed by atoms with E-state index in [-0.39, 0.29) is 25.0 Å². The predicted molar refractivity (Wildman–Crippen MR) is 125 cm³/mol. The Balaban J connectivity index is 1.43. The maximum Gasteiger partial charge on any atom is 0.331 e. The molecule has 3 aliphatic rings. The number of amides is 2. The second kappa shape index (κ2) is 13.2. The van der Waals surface area contributed by atoms with Crippen molar-refractivity contribution in [3.63, 3.8) is 0 Å². The molecule has 198 valence electrons. The van der Waals surface area contributed by atoms with E-state index in [4.69, 9.17) is 9.47 Å². The Morgan fingerprint density at radius 3 is 1.37 bits per heavy atom. The van der Waals surface area contributed by atoms with Crippen molar-refractivity contribution in [1.29, 1.82) is 0 Å². The van der Waals surface area contributed by atoms with E-state index < -0.39 is 54.5 Å². The average molecular weight is 497 g/mol. The van der Waals surface area contributed by atoms with Crippen LogP contribution in [0, 0.1) is 5.41 Å². The lowest BCUT2D eigenvalue weighted by Gasteiger charge is -2.25. The van der Waals surface area contributed by atoms with Gasteiger partial charge in [-0.3, -0.25) is 9.59 Å². The van der Waals surface area contributed by atoms with E-state index in [0.29, 0.717) is 12.8 Å². The van der Waals surface area contributed by atoms with Crippen LogP contribution in [0.3, 0.4) is 0 Å². The van der Waals surface area contributed by atoms with Crippen LogP contribution in [0.25, 0.3) is 0 Å². The lowest BCUT2D eigenvalue weighted by atomic mass is 9.96. The second-order valence-corrected chi connectivity index (χ2v) is 10.4. The van der Waals surface area contributed by atoms with E-state index >= 15 is 0 Å². The van der Waals surface area contributed by atoms with E-state index in [2.05, 4.69) is 10.6 Å². The van der Waals surface area contributed by atoms with Gasteiger partial charge in [-0.15, -0.1) is 0 Å². The molecule has 10 nitrogen and oxygen atoms in total. The molecular weight excluding hydrogens is 456 g/mol. The molecule has 3 saturated carbocycles. The molecule has 3 aliphatic carbocycles. The fraction of sp³-hybridized carbons (Fsp3) is 0.840. The van der Waals surface area contributed by atoms with Gasteiger partial charge in [0.1, 0.15) is 12.2 Å². The van der Waals surface area contributed by atoms with Gasteiger partial charge < -0.3 is 30.3 Å². The summed E-state index contributed by atoms with van der Waals surface area (Å²) in [6.45, 7) is -1.13. The topological polar surface area (TPSA) is 151 Å². The van der Waals surface area contributed by atoms with Gasteiger partial charge in [-0.1, -0.05) is 12.8 Å². The molecule has 0 aromatic heterocycles. The number of aliphatic hydroxyl groups excluding tert-OH is 2. The van der Waals surface area contributed by atoms with Crippen molar-refractivity contribution in [2.24, 2.45) is 5.41 Å². The van der Waals surface area contributed by atoms with Gasteiger partial charge in [-0.25, -0.2) is 9.59 Å². The zero-order valence-electron chi connectivity index (χ0n) is 20.5. The lowest BCUT2D eigenvalue weighted by Crippen LogP contribution is -2.47. The number of carbonyl (C=O) groups excluding carboxylic acids is 4. The molecule has 10 heteroatoms. The highest BCUT2D eigenvalue weighted by Gasteiger charge is 2.46. The monoisotopic (exact) mass is 496 g/mol. The molecule has 35 heavy (non-hydrogen) atoms. The number of hydrogen-bond acceptors (Lipinski definition) is 8. The van der Waals surface area contributed by atoms with Crippen molar-refractivity contribution in [1.82, 2.24) is 10.6 Å². The first kappa shape index (κ1) is 27.4. The summed E-state index contributed by atoms with van der Waals surface area (Å²) in [5.74, 6) is -2.16. The third kappa shape index (κ3) is 8.75. The van der Waals surface area contributed by atoms with Crippen LogP contribution in [0.5, 0.6) is 0 Å². The van der Waals surface area contributed by atoms with Gasteiger partial charge in [0, 0.05) is 12.8 Å². The summed E-state index contributed by atoms with van der Waals surface area (Å²) < 4.78 is 10.9. The Bertz CT molecular complexity index is 684. The zero-order valence-corrected chi connectivity index (χ0v) is 20.5. The van der Waals surface area contributed by atoms with Gasteiger partial charge in [-0.2, -0.15) is 0 Å². The van der Waals surface area contributed by atoms with E-state index in [1.54, 1.807) is 0 Å². The van der Waals surface area contributed by atoms with Crippen LogP contribution in [-0.2, 0) is 28.7 Å². The summed E-state index contributed by atoms with van der Waals surface area (Å²) >= 11 is 0. The molecule has 0 heterocycles. The molecule has 3 rings (SSSR count). The quantitative estimate of drug-likeness (QED) is 0.295.